The van der Waals surface area contributed by atoms with E-state index in [2.05, 4.69) is 0 Å². The highest BCUT2D eigenvalue weighted by molar-refractivity contribution is 5.89. The third-order valence-corrected chi connectivity index (χ3v) is 3.29. The maximum atomic E-state index is 11.3. The summed E-state index contributed by atoms with van der Waals surface area (Å²) >= 11 is 0. The molecule has 0 fully saturated rings. The highest BCUT2D eigenvalue weighted by atomic mass is 16.5. The molecule has 114 valence electrons. The van der Waals surface area contributed by atoms with Crippen LogP contribution >= 0.6 is 0 Å². The predicted molar refractivity (Wildman–Crippen MR) is 86.9 cm³/mol. The van der Waals surface area contributed by atoms with E-state index in [0.717, 1.165) is 23.2 Å². The molecular formula is C18H18O4. The quantitative estimate of drug-likeness (QED) is 0.602. The van der Waals surface area contributed by atoms with Gasteiger partial charge in [-0.3, -0.25) is 4.79 Å². The summed E-state index contributed by atoms with van der Waals surface area (Å²) < 4.78 is 15.6. The van der Waals surface area contributed by atoms with Gasteiger partial charge in [-0.15, -0.1) is 0 Å². The molecule has 0 N–H and O–H groups in total. The van der Waals surface area contributed by atoms with E-state index in [9.17, 15) is 4.79 Å². The molecule has 0 aliphatic heterocycles. The Hall–Kier alpha value is -2.75. The predicted octanol–water partition coefficient (Wildman–Crippen LogP) is 3.70. The molecule has 2 aromatic rings. The normalized spacial score (nSPS) is 10.5. The lowest BCUT2D eigenvalue weighted by Crippen LogP contribution is -1.95. The van der Waals surface area contributed by atoms with Crippen molar-refractivity contribution in [2.45, 2.75) is 0 Å². The van der Waals surface area contributed by atoms with Gasteiger partial charge in [-0.1, -0.05) is 24.3 Å². The fraction of sp³-hybridized carbons (Fsp3) is 0.167. The minimum atomic E-state index is 0.490. The zero-order valence-electron chi connectivity index (χ0n) is 12.8. The largest absolute Gasteiger partial charge is 0.497 e. The van der Waals surface area contributed by atoms with Gasteiger partial charge in [-0.2, -0.15) is 0 Å². The number of aldehydes is 1. The Bertz CT molecular complexity index is 672. The molecule has 0 atom stereocenters. The first-order valence-electron chi connectivity index (χ1n) is 6.75. The number of ether oxygens (including phenoxy) is 3. The SMILES string of the molecule is COc1ccc(/C=C/c2cc(OC)cc(OC)c2C=O)cc1. The first-order chi connectivity index (χ1) is 10.7. The zero-order chi connectivity index (χ0) is 15.9. The van der Waals surface area contributed by atoms with Crippen molar-refractivity contribution in [3.8, 4) is 17.2 Å². The lowest BCUT2D eigenvalue weighted by atomic mass is 10.0. The lowest BCUT2D eigenvalue weighted by Gasteiger charge is -2.10. The van der Waals surface area contributed by atoms with Gasteiger partial charge in [-0.05, 0) is 29.3 Å². The van der Waals surface area contributed by atoms with Crippen molar-refractivity contribution in [3.05, 3.63) is 53.1 Å². The number of carbonyl (C=O) groups is 1. The van der Waals surface area contributed by atoms with Crippen LogP contribution in [0.3, 0.4) is 0 Å². The average molecular weight is 298 g/mol. The topological polar surface area (TPSA) is 44.8 Å². The number of hydrogen-bond donors (Lipinski definition) is 0. The average Bonchev–Trinajstić information content (AvgIpc) is 2.59. The maximum absolute atomic E-state index is 11.3. The number of benzene rings is 2. The second-order valence-corrected chi connectivity index (χ2v) is 4.56. The van der Waals surface area contributed by atoms with Crippen LogP contribution in [0.25, 0.3) is 12.2 Å². The summed E-state index contributed by atoms with van der Waals surface area (Å²) in [6.07, 6.45) is 4.56. The van der Waals surface area contributed by atoms with Crippen LogP contribution in [-0.4, -0.2) is 27.6 Å². The Morgan fingerprint density at radius 2 is 1.50 bits per heavy atom. The Balaban J connectivity index is 2.37. The Morgan fingerprint density at radius 1 is 0.818 bits per heavy atom. The fourth-order valence-corrected chi connectivity index (χ4v) is 2.07. The van der Waals surface area contributed by atoms with Gasteiger partial charge in [0.25, 0.3) is 0 Å². The van der Waals surface area contributed by atoms with Crippen molar-refractivity contribution < 1.29 is 19.0 Å². The van der Waals surface area contributed by atoms with Crippen LogP contribution in [0.2, 0.25) is 0 Å². The van der Waals surface area contributed by atoms with E-state index in [-0.39, 0.29) is 0 Å². The molecule has 22 heavy (non-hydrogen) atoms. The van der Waals surface area contributed by atoms with Crippen LogP contribution in [0, 0.1) is 0 Å². The van der Waals surface area contributed by atoms with Gasteiger partial charge >= 0.3 is 0 Å². The summed E-state index contributed by atoms with van der Waals surface area (Å²) in [6.45, 7) is 0. The molecule has 0 aliphatic carbocycles. The molecule has 4 nitrogen and oxygen atoms in total. The minimum Gasteiger partial charge on any atom is -0.497 e. The summed E-state index contributed by atoms with van der Waals surface area (Å²) in [4.78, 5) is 11.3. The maximum Gasteiger partial charge on any atom is 0.154 e. The summed E-state index contributed by atoms with van der Waals surface area (Å²) in [5.41, 5.74) is 2.23. The molecule has 0 bridgehead atoms. The number of hydrogen-bond acceptors (Lipinski definition) is 4. The van der Waals surface area contributed by atoms with Crippen molar-refractivity contribution in [1.82, 2.24) is 0 Å². The number of carbonyl (C=O) groups excluding carboxylic acids is 1. The molecule has 0 saturated carbocycles. The summed E-state index contributed by atoms with van der Waals surface area (Å²) in [6, 6.07) is 11.1. The molecule has 0 aliphatic rings. The van der Waals surface area contributed by atoms with Crippen molar-refractivity contribution in [1.29, 1.82) is 0 Å². The Kier molecular flexibility index (Phi) is 5.20. The molecule has 0 spiro atoms. The fourth-order valence-electron chi connectivity index (χ4n) is 2.07. The van der Waals surface area contributed by atoms with Crippen LogP contribution in [0.15, 0.2) is 36.4 Å². The lowest BCUT2D eigenvalue weighted by molar-refractivity contribution is 0.112. The monoisotopic (exact) mass is 298 g/mol. The third-order valence-electron chi connectivity index (χ3n) is 3.29. The van der Waals surface area contributed by atoms with E-state index < -0.39 is 0 Å². The van der Waals surface area contributed by atoms with Gasteiger partial charge in [0, 0.05) is 6.07 Å². The second-order valence-electron chi connectivity index (χ2n) is 4.56. The molecule has 0 amide bonds. The summed E-state index contributed by atoms with van der Waals surface area (Å²) in [5, 5.41) is 0. The van der Waals surface area contributed by atoms with Gasteiger partial charge < -0.3 is 14.2 Å². The molecule has 2 rings (SSSR count). The van der Waals surface area contributed by atoms with Gasteiger partial charge in [-0.25, -0.2) is 0 Å². The van der Waals surface area contributed by atoms with E-state index in [1.165, 1.54) is 7.11 Å². The van der Waals surface area contributed by atoms with E-state index in [1.54, 1.807) is 26.4 Å². The standard InChI is InChI=1S/C18H18O4/c1-20-15-8-5-13(6-9-15)4-7-14-10-16(21-2)11-18(22-3)17(14)12-19/h4-12H,1-3H3/b7-4+. The molecule has 0 radical (unpaired) electrons. The van der Waals surface area contributed by atoms with Crippen LogP contribution in [-0.2, 0) is 0 Å². The van der Waals surface area contributed by atoms with Crippen molar-refractivity contribution in [2.75, 3.05) is 21.3 Å². The smallest absolute Gasteiger partial charge is 0.154 e. The van der Waals surface area contributed by atoms with Gasteiger partial charge in [0.15, 0.2) is 6.29 Å². The second kappa shape index (κ2) is 7.31. The van der Waals surface area contributed by atoms with Gasteiger partial charge in [0.2, 0.25) is 0 Å². The molecule has 0 heterocycles. The zero-order valence-corrected chi connectivity index (χ0v) is 12.8. The van der Waals surface area contributed by atoms with Crippen LogP contribution < -0.4 is 14.2 Å². The summed E-state index contributed by atoms with van der Waals surface area (Å²) in [5.74, 6) is 1.93. The van der Waals surface area contributed by atoms with Crippen LogP contribution in [0.4, 0.5) is 0 Å². The first kappa shape index (κ1) is 15.6. The highest BCUT2D eigenvalue weighted by Crippen LogP contribution is 2.29. The molecular weight excluding hydrogens is 280 g/mol. The van der Waals surface area contributed by atoms with Crippen LogP contribution in [0.1, 0.15) is 21.5 Å². The number of methoxy groups -OCH3 is 3. The Morgan fingerprint density at radius 3 is 2.05 bits per heavy atom. The first-order valence-corrected chi connectivity index (χ1v) is 6.75. The van der Waals surface area contributed by atoms with Gasteiger partial charge in [0.1, 0.15) is 17.2 Å². The van der Waals surface area contributed by atoms with Crippen LogP contribution in [0.5, 0.6) is 17.2 Å². The van der Waals surface area contributed by atoms with E-state index >= 15 is 0 Å². The van der Waals surface area contributed by atoms with E-state index in [4.69, 9.17) is 14.2 Å². The third kappa shape index (κ3) is 3.47. The summed E-state index contributed by atoms with van der Waals surface area (Å²) in [7, 11) is 4.73. The Labute approximate surface area is 129 Å². The van der Waals surface area contributed by atoms with Crippen molar-refractivity contribution >= 4 is 18.4 Å². The molecule has 0 saturated heterocycles. The highest BCUT2D eigenvalue weighted by Gasteiger charge is 2.09. The minimum absolute atomic E-state index is 0.490. The van der Waals surface area contributed by atoms with Crippen molar-refractivity contribution in [2.24, 2.45) is 0 Å². The molecule has 0 unspecified atom stereocenters. The van der Waals surface area contributed by atoms with E-state index in [0.29, 0.717) is 17.1 Å². The number of rotatable bonds is 6. The molecule has 4 heteroatoms. The van der Waals surface area contributed by atoms with Crippen molar-refractivity contribution in [3.63, 3.8) is 0 Å². The molecule has 0 aromatic heterocycles. The van der Waals surface area contributed by atoms with Gasteiger partial charge in [0.05, 0.1) is 26.9 Å². The molecule has 2 aromatic carbocycles. The van der Waals surface area contributed by atoms with E-state index in [1.807, 2.05) is 36.4 Å².